The number of carbonyl (C=O) groups is 1. The third-order valence-corrected chi connectivity index (χ3v) is 1.84. The first-order chi connectivity index (χ1) is 7.76. The van der Waals surface area contributed by atoms with E-state index in [9.17, 15) is 4.79 Å². The Labute approximate surface area is 94.6 Å². The summed E-state index contributed by atoms with van der Waals surface area (Å²) in [6.07, 6.45) is 4.31. The van der Waals surface area contributed by atoms with Crippen molar-refractivity contribution in [1.29, 1.82) is 5.26 Å². The lowest BCUT2D eigenvalue weighted by molar-refractivity contribution is 0.255. The van der Waals surface area contributed by atoms with Crippen LogP contribution in [-0.2, 0) is 0 Å². The van der Waals surface area contributed by atoms with Crippen LogP contribution in [-0.4, -0.2) is 6.03 Å². The molecule has 2 N–H and O–H groups in total. The quantitative estimate of drug-likeness (QED) is 0.813. The highest BCUT2D eigenvalue weighted by molar-refractivity contribution is 5.89. The van der Waals surface area contributed by atoms with Crippen LogP contribution in [0.2, 0.25) is 0 Å². The summed E-state index contributed by atoms with van der Waals surface area (Å²) in [5, 5.41) is 13.8. The molecule has 0 saturated carbocycles. The summed E-state index contributed by atoms with van der Waals surface area (Å²) in [5.74, 6) is 0. The molecule has 0 aromatic heterocycles. The molecule has 4 heteroatoms. The maximum atomic E-state index is 11.3. The molecule has 82 valence electrons. The number of nitrogens with zero attached hydrogens (tertiary/aromatic N) is 1. The molecule has 2 amide bonds. The fourth-order valence-electron chi connectivity index (χ4n) is 1.05. The maximum Gasteiger partial charge on any atom is 0.323 e. The van der Waals surface area contributed by atoms with Crippen molar-refractivity contribution in [2.24, 2.45) is 0 Å². The number of amides is 2. The van der Waals surface area contributed by atoms with E-state index in [1.54, 1.807) is 30.5 Å². The Morgan fingerprint density at radius 2 is 2.12 bits per heavy atom. The standard InChI is InChI=1S/C12H13N3O/c1-2-3-8-14-12(16)15-11-6-4-10(9-13)5-7-11/h3-8H,2H2,1H3,(H2,14,15,16)/b8-3+. The molecule has 0 radical (unpaired) electrons. The maximum absolute atomic E-state index is 11.3. The number of benzene rings is 1. The first-order valence-corrected chi connectivity index (χ1v) is 4.99. The first-order valence-electron chi connectivity index (χ1n) is 4.99. The van der Waals surface area contributed by atoms with Crippen LogP contribution >= 0.6 is 0 Å². The molecule has 0 fully saturated rings. The first kappa shape index (κ1) is 11.8. The molecule has 0 aliphatic carbocycles. The minimum atomic E-state index is -0.297. The van der Waals surface area contributed by atoms with Crippen molar-refractivity contribution in [1.82, 2.24) is 5.32 Å². The summed E-state index contributed by atoms with van der Waals surface area (Å²) >= 11 is 0. The van der Waals surface area contributed by atoms with Crippen molar-refractivity contribution in [2.45, 2.75) is 13.3 Å². The number of hydrogen-bond acceptors (Lipinski definition) is 2. The highest BCUT2D eigenvalue weighted by Crippen LogP contribution is 2.08. The molecule has 0 spiro atoms. The van der Waals surface area contributed by atoms with Crippen molar-refractivity contribution in [2.75, 3.05) is 5.32 Å². The fourth-order valence-corrected chi connectivity index (χ4v) is 1.05. The van der Waals surface area contributed by atoms with Gasteiger partial charge in [-0.2, -0.15) is 5.26 Å². The van der Waals surface area contributed by atoms with Gasteiger partial charge in [-0.15, -0.1) is 0 Å². The van der Waals surface area contributed by atoms with E-state index >= 15 is 0 Å². The van der Waals surface area contributed by atoms with E-state index in [1.807, 2.05) is 19.1 Å². The normalized spacial score (nSPS) is 9.75. The van der Waals surface area contributed by atoms with Crippen molar-refractivity contribution >= 4 is 11.7 Å². The summed E-state index contributed by atoms with van der Waals surface area (Å²) < 4.78 is 0. The number of urea groups is 1. The van der Waals surface area contributed by atoms with Gasteiger partial charge in [0.1, 0.15) is 0 Å². The van der Waals surface area contributed by atoms with Gasteiger partial charge in [-0.1, -0.05) is 13.0 Å². The Hall–Kier alpha value is -2.28. The molecular formula is C12H13N3O. The van der Waals surface area contributed by atoms with Gasteiger partial charge in [0, 0.05) is 11.9 Å². The zero-order valence-corrected chi connectivity index (χ0v) is 9.03. The largest absolute Gasteiger partial charge is 0.323 e. The number of allylic oxidation sites excluding steroid dienone is 1. The molecule has 0 atom stereocenters. The van der Waals surface area contributed by atoms with Crippen LogP contribution in [0.15, 0.2) is 36.5 Å². The van der Waals surface area contributed by atoms with Crippen LogP contribution in [0.4, 0.5) is 10.5 Å². The van der Waals surface area contributed by atoms with Crippen LogP contribution in [0.5, 0.6) is 0 Å². The minimum Gasteiger partial charge on any atom is -0.315 e. The van der Waals surface area contributed by atoms with Crippen molar-refractivity contribution in [3.05, 3.63) is 42.1 Å². The SMILES string of the molecule is CC/C=C/NC(=O)Nc1ccc(C#N)cc1. The second kappa shape index (κ2) is 6.25. The Morgan fingerprint density at radius 3 is 2.69 bits per heavy atom. The molecule has 1 aromatic carbocycles. The van der Waals surface area contributed by atoms with Gasteiger partial charge < -0.3 is 10.6 Å². The lowest BCUT2D eigenvalue weighted by atomic mass is 10.2. The Morgan fingerprint density at radius 1 is 1.44 bits per heavy atom. The lowest BCUT2D eigenvalue weighted by Crippen LogP contribution is -2.23. The third-order valence-electron chi connectivity index (χ3n) is 1.84. The second-order valence-electron chi connectivity index (χ2n) is 3.10. The van der Waals surface area contributed by atoms with Gasteiger partial charge in [0.15, 0.2) is 0 Å². The van der Waals surface area contributed by atoms with E-state index in [2.05, 4.69) is 10.6 Å². The van der Waals surface area contributed by atoms with Gasteiger partial charge >= 0.3 is 6.03 Å². The number of carbonyl (C=O) groups excluding carboxylic acids is 1. The molecule has 4 nitrogen and oxygen atoms in total. The molecule has 0 saturated heterocycles. The molecule has 1 aromatic rings. The fraction of sp³-hybridized carbons (Fsp3) is 0.167. The van der Waals surface area contributed by atoms with Crippen molar-refractivity contribution < 1.29 is 4.79 Å². The monoisotopic (exact) mass is 215 g/mol. The zero-order valence-electron chi connectivity index (χ0n) is 9.03. The van der Waals surface area contributed by atoms with Crippen LogP contribution in [0.25, 0.3) is 0 Å². The van der Waals surface area contributed by atoms with Gasteiger partial charge in [0.05, 0.1) is 11.6 Å². The smallest absolute Gasteiger partial charge is 0.315 e. The predicted octanol–water partition coefficient (Wildman–Crippen LogP) is 2.60. The van der Waals surface area contributed by atoms with Crippen LogP contribution in [0.3, 0.4) is 0 Å². The molecule has 0 heterocycles. The summed E-state index contributed by atoms with van der Waals surface area (Å²) in [5.41, 5.74) is 1.22. The van der Waals surface area contributed by atoms with Crippen LogP contribution < -0.4 is 10.6 Å². The minimum absolute atomic E-state index is 0.297. The summed E-state index contributed by atoms with van der Waals surface area (Å²) in [6, 6.07) is 8.38. The topological polar surface area (TPSA) is 64.9 Å². The number of nitrogens with one attached hydrogen (secondary N) is 2. The third kappa shape index (κ3) is 3.84. The van der Waals surface area contributed by atoms with Gasteiger partial charge in [-0.25, -0.2) is 4.79 Å². The van der Waals surface area contributed by atoms with Crippen LogP contribution in [0.1, 0.15) is 18.9 Å². The number of nitriles is 1. The van der Waals surface area contributed by atoms with E-state index in [1.165, 1.54) is 0 Å². The highest BCUT2D eigenvalue weighted by Gasteiger charge is 1.98. The molecule has 0 bridgehead atoms. The van der Waals surface area contributed by atoms with E-state index in [-0.39, 0.29) is 6.03 Å². The van der Waals surface area contributed by atoms with E-state index in [0.29, 0.717) is 11.3 Å². The van der Waals surface area contributed by atoms with Gasteiger partial charge in [-0.3, -0.25) is 0 Å². The zero-order chi connectivity index (χ0) is 11.8. The number of hydrogen-bond donors (Lipinski definition) is 2. The summed E-state index contributed by atoms with van der Waals surface area (Å²) in [7, 11) is 0. The number of anilines is 1. The summed E-state index contributed by atoms with van der Waals surface area (Å²) in [6.45, 7) is 1.98. The summed E-state index contributed by atoms with van der Waals surface area (Å²) in [4.78, 5) is 11.3. The highest BCUT2D eigenvalue weighted by atomic mass is 16.2. The molecule has 0 unspecified atom stereocenters. The van der Waals surface area contributed by atoms with E-state index in [4.69, 9.17) is 5.26 Å². The van der Waals surface area contributed by atoms with Gasteiger partial charge in [0.25, 0.3) is 0 Å². The molecule has 0 aliphatic rings. The Kier molecular flexibility index (Phi) is 4.61. The Balaban J connectivity index is 2.50. The van der Waals surface area contributed by atoms with Crippen molar-refractivity contribution in [3.63, 3.8) is 0 Å². The molecular weight excluding hydrogens is 202 g/mol. The average molecular weight is 215 g/mol. The molecule has 0 aliphatic heterocycles. The predicted molar refractivity (Wildman–Crippen MR) is 62.7 cm³/mol. The molecule has 16 heavy (non-hydrogen) atoms. The second-order valence-corrected chi connectivity index (χ2v) is 3.10. The van der Waals surface area contributed by atoms with E-state index in [0.717, 1.165) is 6.42 Å². The van der Waals surface area contributed by atoms with E-state index < -0.39 is 0 Å². The lowest BCUT2D eigenvalue weighted by Gasteiger charge is -2.03. The average Bonchev–Trinajstić information content (AvgIpc) is 2.30. The Bertz CT molecular complexity index is 415. The molecule has 1 rings (SSSR count). The van der Waals surface area contributed by atoms with Crippen LogP contribution in [0, 0.1) is 11.3 Å². The van der Waals surface area contributed by atoms with Gasteiger partial charge in [0.2, 0.25) is 0 Å². The number of rotatable bonds is 3. The van der Waals surface area contributed by atoms with Crippen molar-refractivity contribution in [3.8, 4) is 6.07 Å². The van der Waals surface area contributed by atoms with Gasteiger partial charge in [-0.05, 0) is 30.7 Å².